The van der Waals surface area contributed by atoms with Crippen molar-refractivity contribution >= 4 is 37.8 Å². The van der Waals surface area contributed by atoms with E-state index in [1.807, 2.05) is 0 Å². The molecule has 1 aromatic rings. The van der Waals surface area contributed by atoms with Crippen LogP contribution in [0.5, 0.6) is 0 Å². The lowest BCUT2D eigenvalue weighted by atomic mass is 10.1. The Morgan fingerprint density at radius 2 is 2.05 bits per heavy atom. The van der Waals surface area contributed by atoms with E-state index in [9.17, 15) is 18.0 Å². The number of piperidine rings is 1. The van der Waals surface area contributed by atoms with Crippen LogP contribution < -0.4 is 4.72 Å². The monoisotopic (exact) mass is 360 g/mol. The molecule has 20 heavy (non-hydrogen) atoms. The lowest BCUT2D eigenvalue weighted by Gasteiger charge is -2.27. The van der Waals surface area contributed by atoms with Crippen LogP contribution in [0, 0.1) is 0 Å². The molecule has 108 valence electrons. The molecule has 0 radical (unpaired) electrons. The van der Waals surface area contributed by atoms with Gasteiger partial charge in [0, 0.05) is 17.9 Å². The molecule has 0 saturated carbocycles. The van der Waals surface area contributed by atoms with Gasteiger partial charge in [-0.25, -0.2) is 8.42 Å². The van der Waals surface area contributed by atoms with E-state index >= 15 is 0 Å². The number of amides is 2. The zero-order valence-electron chi connectivity index (χ0n) is 10.7. The summed E-state index contributed by atoms with van der Waals surface area (Å²) in [5.41, 5.74) is 0. The Labute approximate surface area is 125 Å². The maximum absolute atomic E-state index is 12.2. The lowest BCUT2D eigenvalue weighted by Crippen LogP contribution is -2.52. The van der Waals surface area contributed by atoms with E-state index in [4.69, 9.17) is 0 Å². The van der Waals surface area contributed by atoms with Gasteiger partial charge in [0.15, 0.2) is 0 Å². The van der Waals surface area contributed by atoms with Gasteiger partial charge >= 0.3 is 0 Å². The minimum absolute atomic E-state index is 0.0687. The van der Waals surface area contributed by atoms with Crippen molar-refractivity contribution in [1.82, 2.24) is 9.62 Å². The Morgan fingerprint density at radius 1 is 1.35 bits per heavy atom. The topological polar surface area (TPSA) is 83.6 Å². The highest BCUT2D eigenvalue weighted by atomic mass is 79.9. The number of nitrogens with one attached hydrogen (secondary N) is 1. The summed E-state index contributed by atoms with van der Waals surface area (Å²) in [4.78, 5) is 24.3. The highest BCUT2D eigenvalue weighted by Crippen LogP contribution is 2.18. The number of carbonyl (C=O) groups excluding carboxylic acids is 2. The van der Waals surface area contributed by atoms with E-state index in [1.165, 1.54) is 19.2 Å². The Kier molecular flexibility index (Phi) is 4.26. The van der Waals surface area contributed by atoms with Crippen LogP contribution in [-0.2, 0) is 19.6 Å². The van der Waals surface area contributed by atoms with Crippen LogP contribution >= 0.6 is 15.9 Å². The van der Waals surface area contributed by atoms with Gasteiger partial charge in [0.2, 0.25) is 21.8 Å². The predicted molar refractivity (Wildman–Crippen MR) is 75.3 cm³/mol. The molecule has 0 bridgehead atoms. The van der Waals surface area contributed by atoms with Gasteiger partial charge in [-0.05, 0) is 24.6 Å². The van der Waals surface area contributed by atoms with Gasteiger partial charge in [0.05, 0.1) is 4.90 Å². The number of hydrogen-bond donors (Lipinski definition) is 1. The normalized spacial score (nSPS) is 20.3. The second-order valence-electron chi connectivity index (χ2n) is 4.46. The van der Waals surface area contributed by atoms with Crippen LogP contribution in [0.1, 0.15) is 12.8 Å². The van der Waals surface area contributed by atoms with Gasteiger partial charge in [-0.3, -0.25) is 14.5 Å². The van der Waals surface area contributed by atoms with Gasteiger partial charge in [-0.1, -0.05) is 22.0 Å². The van der Waals surface area contributed by atoms with E-state index in [1.54, 1.807) is 12.1 Å². The molecule has 6 nitrogen and oxygen atoms in total. The molecule has 0 aromatic heterocycles. The highest BCUT2D eigenvalue weighted by Gasteiger charge is 2.34. The molecule has 1 aromatic carbocycles. The Hall–Kier alpha value is -1.25. The Morgan fingerprint density at radius 3 is 2.70 bits per heavy atom. The molecule has 1 heterocycles. The Balaban J connectivity index is 2.21. The molecule has 0 spiro atoms. The molecule has 1 N–H and O–H groups in total. The lowest BCUT2D eigenvalue weighted by molar-refractivity contribution is -0.147. The number of halogens is 1. The first-order valence-corrected chi connectivity index (χ1v) is 8.17. The van der Waals surface area contributed by atoms with Crippen molar-refractivity contribution in [2.45, 2.75) is 23.8 Å². The average Bonchev–Trinajstić information content (AvgIpc) is 2.39. The number of imide groups is 1. The van der Waals surface area contributed by atoms with Crippen molar-refractivity contribution in [3.05, 3.63) is 28.7 Å². The second kappa shape index (κ2) is 5.63. The van der Waals surface area contributed by atoms with Crippen LogP contribution in [0.3, 0.4) is 0 Å². The summed E-state index contributed by atoms with van der Waals surface area (Å²) in [6.45, 7) is 0. The number of rotatable bonds is 3. The predicted octanol–water partition coefficient (Wildman–Crippen LogP) is 0.875. The molecule has 1 aliphatic heterocycles. The number of likely N-dealkylation sites (N-methyl/N-ethyl adjacent to an activating group) is 1. The van der Waals surface area contributed by atoms with Crippen molar-refractivity contribution in [3.63, 3.8) is 0 Å². The number of likely N-dealkylation sites (tertiary alicyclic amines) is 1. The summed E-state index contributed by atoms with van der Waals surface area (Å²) < 4.78 is 27.4. The molecule has 0 aliphatic carbocycles. The maximum Gasteiger partial charge on any atom is 0.247 e. The molecular weight excluding hydrogens is 348 g/mol. The van der Waals surface area contributed by atoms with Gasteiger partial charge < -0.3 is 0 Å². The SMILES string of the molecule is CN1C(=O)CCC(NS(=O)(=O)c2cccc(Br)c2)C1=O. The number of carbonyl (C=O) groups is 2. The average molecular weight is 361 g/mol. The van der Waals surface area contributed by atoms with Crippen LogP contribution in [-0.4, -0.2) is 38.2 Å². The second-order valence-corrected chi connectivity index (χ2v) is 7.09. The van der Waals surface area contributed by atoms with E-state index in [0.717, 1.165) is 4.90 Å². The molecule has 1 unspecified atom stereocenters. The zero-order chi connectivity index (χ0) is 14.9. The quantitative estimate of drug-likeness (QED) is 0.810. The fourth-order valence-corrected chi connectivity index (χ4v) is 3.73. The van der Waals surface area contributed by atoms with Crippen LogP contribution in [0.15, 0.2) is 33.6 Å². The van der Waals surface area contributed by atoms with Crippen molar-refractivity contribution in [2.75, 3.05) is 7.05 Å². The maximum atomic E-state index is 12.2. The summed E-state index contributed by atoms with van der Waals surface area (Å²) in [5, 5.41) is 0. The third-order valence-corrected chi connectivity index (χ3v) is 5.02. The summed E-state index contributed by atoms with van der Waals surface area (Å²) in [5.74, 6) is -0.826. The first kappa shape index (κ1) is 15.1. The van der Waals surface area contributed by atoms with Gasteiger partial charge in [-0.15, -0.1) is 0 Å². The number of nitrogens with zero attached hydrogens (tertiary/aromatic N) is 1. The first-order valence-electron chi connectivity index (χ1n) is 5.89. The summed E-state index contributed by atoms with van der Waals surface area (Å²) >= 11 is 3.20. The number of hydrogen-bond acceptors (Lipinski definition) is 4. The molecular formula is C12H13BrN2O4S. The smallest absolute Gasteiger partial charge is 0.247 e. The molecule has 1 saturated heterocycles. The van der Waals surface area contributed by atoms with Crippen molar-refractivity contribution < 1.29 is 18.0 Å². The molecule has 8 heteroatoms. The van der Waals surface area contributed by atoms with E-state index in [0.29, 0.717) is 4.47 Å². The zero-order valence-corrected chi connectivity index (χ0v) is 13.1. The van der Waals surface area contributed by atoms with E-state index < -0.39 is 22.0 Å². The fraction of sp³-hybridized carbons (Fsp3) is 0.333. The molecule has 2 amide bonds. The van der Waals surface area contributed by atoms with Crippen molar-refractivity contribution in [3.8, 4) is 0 Å². The Bertz CT molecular complexity index is 659. The highest BCUT2D eigenvalue weighted by molar-refractivity contribution is 9.10. The largest absolute Gasteiger partial charge is 0.284 e. The first-order chi connectivity index (χ1) is 9.31. The summed E-state index contributed by atoms with van der Waals surface area (Å²) in [6, 6.07) is 5.29. The minimum Gasteiger partial charge on any atom is -0.284 e. The van der Waals surface area contributed by atoms with Crippen LogP contribution in [0.25, 0.3) is 0 Å². The standard InChI is InChI=1S/C12H13BrN2O4S/c1-15-11(16)6-5-10(12(15)17)14-20(18,19)9-4-2-3-8(13)7-9/h2-4,7,10,14H,5-6H2,1H3. The number of sulfonamides is 1. The molecule has 1 atom stereocenters. The van der Waals surface area contributed by atoms with Gasteiger partial charge in [0.25, 0.3) is 0 Å². The number of benzene rings is 1. The fourth-order valence-electron chi connectivity index (χ4n) is 1.91. The van der Waals surface area contributed by atoms with E-state index in [2.05, 4.69) is 20.7 Å². The third-order valence-electron chi connectivity index (χ3n) is 3.05. The van der Waals surface area contributed by atoms with Crippen LogP contribution in [0.2, 0.25) is 0 Å². The van der Waals surface area contributed by atoms with Crippen molar-refractivity contribution in [1.29, 1.82) is 0 Å². The van der Waals surface area contributed by atoms with E-state index in [-0.39, 0.29) is 23.6 Å². The minimum atomic E-state index is -3.80. The van der Waals surface area contributed by atoms with Crippen molar-refractivity contribution in [2.24, 2.45) is 0 Å². The van der Waals surface area contributed by atoms with Gasteiger partial charge in [-0.2, -0.15) is 4.72 Å². The van der Waals surface area contributed by atoms with Gasteiger partial charge in [0.1, 0.15) is 6.04 Å². The molecule has 1 aliphatic rings. The molecule has 1 fully saturated rings. The third kappa shape index (κ3) is 3.08. The summed E-state index contributed by atoms with van der Waals surface area (Å²) in [7, 11) is -2.44. The molecule has 2 rings (SSSR count). The summed E-state index contributed by atoms with van der Waals surface area (Å²) in [6.07, 6.45) is 0.323. The van der Waals surface area contributed by atoms with Crippen LogP contribution in [0.4, 0.5) is 0 Å².